The average molecular weight is 218 g/mol. The Morgan fingerprint density at radius 1 is 1.38 bits per heavy atom. The van der Waals surface area contributed by atoms with Crippen LogP contribution >= 0.6 is 0 Å². The van der Waals surface area contributed by atoms with Crippen LogP contribution in [-0.4, -0.2) is 31.3 Å². The Kier molecular flexibility index (Phi) is 2.63. The highest BCUT2D eigenvalue weighted by Gasteiger charge is 2.03. The van der Waals surface area contributed by atoms with E-state index in [1.54, 1.807) is 31.2 Å². The minimum Gasteiger partial charge on any atom is -0.478 e. The highest BCUT2D eigenvalue weighted by molar-refractivity contribution is 5.87. The summed E-state index contributed by atoms with van der Waals surface area (Å²) in [6.07, 6.45) is 0. The van der Waals surface area contributed by atoms with E-state index >= 15 is 0 Å². The first-order valence-corrected chi connectivity index (χ1v) is 4.72. The number of carboxylic acids is 1. The molecule has 0 bridgehead atoms. The molecule has 0 amide bonds. The summed E-state index contributed by atoms with van der Waals surface area (Å²) in [5.41, 5.74) is 1.20. The van der Waals surface area contributed by atoms with Crippen molar-refractivity contribution >= 4 is 5.97 Å². The number of aromatic nitrogens is 4. The molecule has 0 aliphatic heterocycles. The van der Waals surface area contributed by atoms with E-state index < -0.39 is 5.97 Å². The highest BCUT2D eigenvalue weighted by Crippen LogP contribution is 2.05. The molecule has 0 spiro atoms. The second-order valence-corrected chi connectivity index (χ2v) is 3.37. The number of hydrogen-bond acceptors (Lipinski definition) is 4. The van der Waals surface area contributed by atoms with Crippen LogP contribution in [0.3, 0.4) is 0 Å². The third-order valence-electron chi connectivity index (χ3n) is 2.08. The number of nitrogens with zero attached hydrogens (tertiary/aromatic N) is 4. The van der Waals surface area contributed by atoms with Crippen LogP contribution in [0.15, 0.2) is 24.3 Å². The molecule has 16 heavy (non-hydrogen) atoms. The Labute approximate surface area is 91.5 Å². The summed E-state index contributed by atoms with van der Waals surface area (Å²) in [5, 5.41) is 20.3. The largest absolute Gasteiger partial charge is 0.478 e. The van der Waals surface area contributed by atoms with Gasteiger partial charge < -0.3 is 5.11 Å². The van der Waals surface area contributed by atoms with Crippen LogP contribution in [0.25, 0.3) is 0 Å². The average Bonchev–Trinajstić information content (AvgIpc) is 2.65. The highest BCUT2D eigenvalue weighted by atomic mass is 16.4. The van der Waals surface area contributed by atoms with E-state index in [1.165, 1.54) is 4.80 Å². The Morgan fingerprint density at radius 2 is 2.06 bits per heavy atom. The Morgan fingerprint density at radius 3 is 2.56 bits per heavy atom. The molecule has 2 rings (SSSR count). The van der Waals surface area contributed by atoms with Gasteiger partial charge in [0.15, 0.2) is 5.82 Å². The molecule has 1 N–H and O–H groups in total. The summed E-state index contributed by atoms with van der Waals surface area (Å²) in [6, 6.07) is 6.59. The van der Waals surface area contributed by atoms with Crippen LogP contribution in [0.2, 0.25) is 0 Å². The minimum absolute atomic E-state index is 0.270. The molecule has 0 aliphatic rings. The van der Waals surface area contributed by atoms with Crippen LogP contribution in [0.5, 0.6) is 0 Å². The first kappa shape index (κ1) is 10.3. The van der Waals surface area contributed by atoms with Crippen LogP contribution < -0.4 is 0 Å². The molecule has 0 saturated carbocycles. The summed E-state index contributed by atoms with van der Waals surface area (Å²) in [5.74, 6) is -0.316. The van der Waals surface area contributed by atoms with Crippen molar-refractivity contribution in [3.05, 3.63) is 41.2 Å². The number of aryl methyl sites for hydroxylation is 1. The van der Waals surface area contributed by atoms with E-state index in [9.17, 15) is 4.79 Å². The smallest absolute Gasteiger partial charge is 0.335 e. The number of tetrazole rings is 1. The predicted octanol–water partition coefficient (Wildman–Crippen LogP) is 0.728. The topological polar surface area (TPSA) is 80.9 Å². The SMILES string of the molecule is Cc1nnn(Cc2ccc(C(=O)O)cc2)n1. The number of carboxylic acid groups (broad SMARTS) is 1. The summed E-state index contributed by atoms with van der Waals surface area (Å²) < 4.78 is 0. The van der Waals surface area contributed by atoms with E-state index in [-0.39, 0.29) is 5.56 Å². The first-order valence-electron chi connectivity index (χ1n) is 4.72. The van der Waals surface area contributed by atoms with Crippen molar-refractivity contribution in [2.75, 3.05) is 0 Å². The molecule has 0 fully saturated rings. The lowest BCUT2D eigenvalue weighted by Crippen LogP contribution is -2.04. The quantitative estimate of drug-likeness (QED) is 0.821. The maximum Gasteiger partial charge on any atom is 0.335 e. The van der Waals surface area contributed by atoms with Crippen molar-refractivity contribution < 1.29 is 9.90 Å². The normalized spacial score (nSPS) is 10.3. The Hall–Kier alpha value is -2.24. The fourth-order valence-corrected chi connectivity index (χ4v) is 1.31. The van der Waals surface area contributed by atoms with Gasteiger partial charge in [-0.25, -0.2) is 4.79 Å². The van der Waals surface area contributed by atoms with E-state index in [0.29, 0.717) is 12.4 Å². The third kappa shape index (κ3) is 2.22. The van der Waals surface area contributed by atoms with E-state index in [4.69, 9.17) is 5.11 Å². The summed E-state index contributed by atoms with van der Waals surface area (Å²) >= 11 is 0. The fraction of sp³-hybridized carbons (Fsp3) is 0.200. The van der Waals surface area contributed by atoms with Gasteiger partial charge in [0.05, 0.1) is 12.1 Å². The molecule has 6 nitrogen and oxygen atoms in total. The molecule has 0 aliphatic carbocycles. The zero-order valence-electron chi connectivity index (χ0n) is 8.66. The van der Waals surface area contributed by atoms with Crippen molar-refractivity contribution in [2.24, 2.45) is 0 Å². The third-order valence-corrected chi connectivity index (χ3v) is 2.08. The number of benzene rings is 1. The molecule has 1 aromatic carbocycles. The molecule has 0 unspecified atom stereocenters. The molecule has 82 valence electrons. The summed E-state index contributed by atoms with van der Waals surface area (Å²) in [4.78, 5) is 12.1. The standard InChI is InChI=1S/C10H10N4O2/c1-7-11-13-14(12-7)6-8-2-4-9(5-3-8)10(15)16/h2-5H,6H2,1H3,(H,15,16). The fourth-order valence-electron chi connectivity index (χ4n) is 1.31. The molecule has 1 heterocycles. The molecular weight excluding hydrogens is 208 g/mol. The number of carbonyl (C=O) groups is 1. The van der Waals surface area contributed by atoms with E-state index in [0.717, 1.165) is 5.56 Å². The molecule has 0 radical (unpaired) electrons. The lowest BCUT2D eigenvalue weighted by molar-refractivity contribution is 0.0697. The van der Waals surface area contributed by atoms with Gasteiger partial charge in [0, 0.05) is 0 Å². The van der Waals surface area contributed by atoms with Gasteiger partial charge in [-0.15, -0.1) is 10.2 Å². The van der Waals surface area contributed by atoms with Crippen molar-refractivity contribution in [2.45, 2.75) is 13.5 Å². The second kappa shape index (κ2) is 4.09. The monoisotopic (exact) mass is 218 g/mol. The zero-order chi connectivity index (χ0) is 11.5. The predicted molar refractivity (Wildman–Crippen MR) is 55.1 cm³/mol. The van der Waals surface area contributed by atoms with Crippen LogP contribution in [0, 0.1) is 6.92 Å². The molecular formula is C10H10N4O2. The zero-order valence-corrected chi connectivity index (χ0v) is 8.66. The van der Waals surface area contributed by atoms with Gasteiger partial charge >= 0.3 is 5.97 Å². The van der Waals surface area contributed by atoms with Crippen molar-refractivity contribution in [3.8, 4) is 0 Å². The molecule has 0 atom stereocenters. The molecule has 0 saturated heterocycles. The van der Waals surface area contributed by atoms with Crippen molar-refractivity contribution in [3.63, 3.8) is 0 Å². The van der Waals surface area contributed by atoms with Crippen molar-refractivity contribution in [1.29, 1.82) is 0 Å². The van der Waals surface area contributed by atoms with Crippen molar-refractivity contribution in [1.82, 2.24) is 20.2 Å². The van der Waals surface area contributed by atoms with Gasteiger partial charge in [-0.05, 0) is 29.8 Å². The van der Waals surface area contributed by atoms with Crippen LogP contribution in [0.4, 0.5) is 0 Å². The number of aromatic carboxylic acids is 1. The summed E-state index contributed by atoms with van der Waals surface area (Å²) in [7, 11) is 0. The maximum absolute atomic E-state index is 10.6. The van der Waals surface area contributed by atoms with E-state index in [1.807, 2.05) is 0 Å². The first-order chi connectivity index (χ1) is 7.65. The van der Waals surface area contributed by atoms with Gasteiger partial charge in [0.2, 0.25) is 0 Å². The van der Waals surface area contributed by atoms with Gasteiger partial charge in [-0.1, -0.05) is 12.1 Å². The van der Waals surface area contributed by atoms with Crippen LogP contribution in [-0.2, 0) is 6.54 Å². The lowest BCUT2D eigenvalue weighted by atomic mass is 10.1. The lowest BCUT2D eigenvalue weighted by Gasteiger charge is -2.00. The number of rotatable bonds is 3. The molecule has 1 aromatic heterocycles. The van der Waals surface area contributed by atoms with Gasteiger partial charge in [-0.3, -0.25) is 0 Å². The number of hydrogen-bond donors (Lipinski definition) is 1. The second-order valence-electron chi connectivity index (χ2n) is 3.37. The Bertz CT molecular complexity index is 504. The van der Waals surface area contributed by atoms with E-state index in [2.05, 4.69) is 15.4 Å². The van der Waals surface area contributed by atoms with Crippen LogP contribution in [0.1, 0.15) is 21.7 Å². The molecule has 2 aromatic rings. The Balaban J connectivity index is 2.14. The van der Waals surface area contributed by atoms with Gasteiger partial charge in [0.1, 0.15) is 0 Å². The summed E-state index contributed by atoms with van der Waals surface area (Å²) in [6.45, 7) is 2.25. The van der Waals surface area contributed by atoms with Gasteiger partial charge in [-0.2, -0.15) is 4.80 Å². The minimum atomic E-state index is -0.929. The maximum atomic E-state index is 10.6. The molecule has 6 heteroatoms. The van der Waals surface area contributed by atoms with Gasteiger partial charge in [0.25, 0.3) is 0 Å².